The number of hydrogen-bond acceptors (Lipinski definition) is 10. The van der Waals surface area contributed by atoms with Gasteiger partial charge in [0.05, 0.1) is 76.5 Å². The van der Waals surface area contributed by atoms with E-state index in [1.165, 1.54) is 107 Å². The van der Waals surface area contributed by atoms with Crippen LogP contribution < -0.4 is 0 Å². The fourth-order valence-corrected chi connectivity index (χ4v) is 13.1. The van der Waals surface area contributed by atoms with Gasteiger partial charge in [-0.05, 0) is 177 Å². The molecule has 98 heavy (non-hydrogen) atoms. The smallest absolute Gasteiger partial charge is 0.246 e. The molecular formula is C82H128Co2N8O4Y2. The third-order valence-electron chi connectivity index (χ3n) is 19.0. The standard InChI is InChI=1S/C42H64N4O2.C38H56N4O2.2CH3.2Co.2Y/c1-39(2,3)33-23-30(17-15-20-46-22-16-21-45-19-14-12-13-18-36(45)46)37(47)32(25-33)28-44-42(10,11)29-43-27-31-24-34(40(4,5)6)26-35(38(31)48)41(7,8)9;1-36(2,3)31-23-28(16-13-20-42-22-14-21-41-19-11-9-10-18-33(41)42)34(43)30(24-31)25-39-27-38(7,8)40-26-29-15-12-17-32(35(29)44)37(4,5)6;;;;;;/h23-28H,12-22,29H2,1-11H3,(H-,43,44,47,48);12,15,17,23-26H,9-11,13-14,16,18-22,27H2,1-8H3,(H-,39,40,43,44);2*1H3;;;;/q;;2*-1;;;;/p+2. The minimum atomic E-state index is -0.499. The molecule has 0 fully saturated rings. The minimum absolute atomic E-state index is 0. The van der Waals surface area contributed by atoms with E-state index in [-0.39, 0.29) is 147 Å². The number of amidine groups is 2. The normalized spacial score (nSPS) is 16.0. The molecule has 0 saturated heterocycles. The van der Waals surface area contributed by atoms with E-state index in [0.717, 1.165) is 90.8 Å². The van der Waals surface area contributed by atoms with Gasteiger partial charge in [0.1, 0.15) is 23.0 Å². The Morgan fingerprint density at radius 3 is 1.16 bits per heavy atom. The molecule has 4 heterocycles. The van der Waals surface area contributed by atoms with E-state index in [4.69, 9.17) is 20.0 Å². The van der Waals surface area contributed by atoms with Crippen LogP contribution in [0.25, 0.3) is 0 Å². The summed E-state index contributed by atoms with van der Waals surface area (Å²) in [6.45, 7) is 50.9. The number of rotatable bonds is 18. The Bertz CT molecular complexity index is 3390. The van der Waals surface area contributed by atoms with Gasteiger partial charge in [-0.3, -0.25) is 38.9 Å². The molecule has 4 aromatic rings. The first-order valence-corrected chi connectivity index (χ1v) is 35.2. The molecule has 4 aliphatic rings. The summed E-state index contributed by atoms with van der Waals surface area (Å²) in [6.07, 6.45) is 23.7. The number of nitrogens with zero attached hydrogens (tertiary/aromatic N) is 8. The molecule has 544 valence electrons. The average Bonchev–Trinajstić information content (AvgIpc) is 1.00. The summed E-state index contributed by atoms with van der Waals surface area (Å²) in [7, 11) is 0. The van der Waals surface area contributed by atoms with Crippen molar-refractivity contribution in [2.45, 2.75) is 260 Å². The predicted octanol–water partition coefficient (Wildman–Crippen LogP) is 17.5. The molecule has 4 N–H and O–H groups in total. The second-order valence-corrected chi connectivity index (χ2v) is 33.5. The van der Waals surface area contributed by atoms with Crippen molar-refractivity contribution < 1.29 is 129 Å². The summed E-state index contributed by atoms with van der Waals surface area (Å²) < 4.78 is 5.25. The number of aliphatic imine (C=N–C) groups is 4. The average molecular weight is 1590 g/mol. The maximum Gasteiger partial charge on any atom is 0.246 e. The maximum absolute atomic E-state index is 11.5. The number of phenolic OH excluding ortho intramolecular Hbond substituents is 4. The molecule has 0 saturated carbocycles. The van der Waals surface area contributed by atoms with Gasteiger partial charge < -0.3 is 35.3 Å². The monoisotopic (exact) mass is 1580 g/mol. The van der Waals surface area contributed by atoms with E-state index >= 15 is 0 Å². The van der Waals surface area contributed by atoms with E-state index in [1.807, 2.05) is 44.5 Å². The van der Waals surface area contributed by atoms with Gasteiger partial charge in [-0.15, -0.1) is 0 Å². The summed E-state index contributed by atoms with van der Waals surface area (Å²) in [5.41, 5.74) is 8.96. The first kappa shape index (κ1) is 92.9. The zero-order valence-electron chi connectivity index (χ0n) is 64.7. The van der Waals surface area contributed by atoms with Gasteiger partial charge in [-0.1, -0.05) is 134 Å². The van der Waals surface area contributed by atoms with Crippen LogP contribution in [0.5, 0.6) is 23.0 Å². The van der Waals surface area contributed by atoms with Gasteiger partial charge in [-0.25, -0.2) is 0 Å². The molecule has 12 nitrogen and oxygen atoms in total. The van der Waals surface area contributed by atoms with E-state index in [9.17, 15) is 20.4 Å². The predicted molar refractivity (Wildman–Crippen MR) is 403 cm³/mol. The van der Waals surface area contributed by atoms with Gasteiger partial charge in [0.2, 0.25) is 11.7 Å². The molecule has 0 unspecified atom stereocenters. The van der Waals surface area contributed by atoms with Crippen molar-refractivity contribution in [3.8, 4) is 23.0 Å². The minimum Gasteiger partial charge on any atom is -0.507 e. The van der Waals surface area contributed by atoms with Crippen LogP contribution in [0.15, 0.2) is 74.6 Å². The van der Waals surface area contributed by atoms with E-state index < -0.39 is 11.1 Å². The molecular weight excluding hydrogens is 1460 g/mol. The molecule has 4 radical (unpaired) electrons. The molecule has 0 aliphatic carbocycles. The Labute approximate surface area is 667 Å². The SMILES string of the molecule is CC(C)(CN=Cc1cc(C(C)(C)C)cc(C(C)(C)C)c1O)N=Cc1cc(C(C)(C)C)cc(CCCN2CCC[N+]3=C2CCCCC3)c1O.CC(C)(CN=Cc1cc(C(C)(C)C)cc(CCCN2CCC[N+]3=C2CCCCC3)c1O)N=Cc1cccc(C(C)(C)C)c1O.[CH3-].[CH3-].[Co].[Co].[Y].[Y]. The van der Waals surface area contributed by atoms with Gasteiger partial charge in [-0.2, -0.15) is 0 Å². The Kier molecular flexibility index (Phi) is 37.6. The number of para-hydroxylation sites is 1. The fraction of sp³-hybridized carbons (Fsp3) is 0.610. The van der Waals surface area contributed by atoms with Crippen LogP contribution in [0.4, 0.5) is 0 Å². The van der Waals surface area contributed by atoms with Crippen molar-refractivity contribution in [1.29, 1.82) is 0 Å². The number of benzene rings is 4. The summed E-state index contributed by atoms with van der Waals surface area (Å²) in [5.74, 6) is 4.36. The molecule has 16 heteroatoms. The van der Waals surface area contributed by atoms with Crippen molar-refractivity contribution in [2.75, 3.05) is 65.4 Å². The first-order valence-electron chi connectivity index (χ1n) is 35.2. The Hall–Kier alpha value is -3.08. The second kappa shape index (κ2) is 39.7. The molecule has 0 aromatic heterocycles. The molecule has 8 rings (SSSR count). The number of hydrogen-bond donors (Lipinski definition) is 4. The van der Waals surface area contributed by atoms with Crippen LogP contribution in [0, 0.1) is 14.9 Å². The van der Waals surface area contributed by atoms with Gasteiger partial charge in [0, 0.05) is 177 Å². The van der Waals surface area contributed by atoms with Crippen LogP contribution in [0.2, 0.25) is 0 Å². The number of aromatic hydroxyl groups is 4. The van der Waals surface area contributed by atoms with Crippen molar-refractivity contribution in [3.05, 3.63) is 131 Å². The maximum atomic E-state index is 11.5. The summed E-state index contributed by atoms with van der Waals surface area (Å²) in [4.78, 5) is 24.5. The Morgan fingerprint density at radius 1 is 0.408 bits per heavy atom. The Balaban J connectivity index is 0.000000926. The van der Waals surface area contributed by atoms with Gasteiger partial charge in [0.25, 0.3) is 0 Å². The fourth-order valence-electron chi connectivity index (χ4n) is 13.1. The quantitative estimate of drug-likeness (QED) is 0.0444. The largest absolute Gasteiger partial charge is 0.507 e. The molecule has 0 spiro atoms. The van der Waals surface area contributed by atoms with Gasteiger partial charge in [0.15, 0.2) is 0 Å². The molecule has 0 atom stereocenters. The van der Waals surface area contributed by atoms with Crippen molar-refractivity contribution >= 4 is 36.5 Å². The summed E-state index contributed by atoms with van der Waals surface area (Å²) >= 11 is 0. The zero-order valence-corrected chi connectivity index (χ0v) is 72.4. The van der Waals surface area contributed by atoms with Crippen molar-refractivity contribution in [1.82, 2.24) is 9.80 Å². The van der Waals surface area contributed by atoms with Crippen LogP contribution in [-0.2, 0) is 139 Å². The third kappa shape index (κ3) is 26.9. The summed E-state index contributed by atoms with van der Waals surface area (Å²) in [5, 5.41) is 44.9. The number of aryl methyl sites for hydroxylation is 2. The molecule has 4 aromatic carbocycles. The van der Waals surface area contributed by atoms with Crippen LogP contribution in [-0.4, -0.2) is 152 Å². The topological polar surface area (TPSA) is 143 Å². The Morgan fingerprint density at radius 2 is 0.765 bits per heavy atom. The van der Waals surface area contributed by atoms with Crippen LogP contribution in [0.3, 0.4) is 0 Å². The summed E-state index contributed by atoms with van der Waals surface area (Å²) in [6, 6.07) is 18.6. The van der Waals surface area contributed by atoms with E-state index in [2.05, 4.69) is 173 Å². The first-order chi connectivity index (χ1) is 42.9. The van der Waals surface area contributed by atoms with E-state index in [1.54, 1.807) is 24.1 Å². The van der Waals surface area contributed by atoms with Crippen LogP contribution >= 0.6 is 0 Å². The van der Waals surface area contributed by atoms with Crippen molar-refractivity contribution in [2.24, 2.45) is 20.0 Å². The molecule has 0 bridgehead atoms. The number of phenols is 4. The third-order valence-corrected chi connectivity index (χ3v) is 19.0. The zero-order chi connectivity index (χ0) is 67.6. The molecule has 0 amide bonds. The molecule has 4 aliphatic heterocycles. The van der Waals surface area contributed by atoms with Crippen LogP contribution in [0.1, 0.15) is 270 Å². The second-order valence-electron chi connectivity index (χ2n) is 33.5. The van der Waals surface area contributed by atoms with E-state index in [0.29, 0.717) is 35.9 Å². The van der Waals surface area contributed by atoms with Gasteiger partial charge >= 0.3 is 0 Å². The van der Waals surface area contributed by atoms with Crippen molar-refractivity contribution in [3.63, 3.8) is 0 Å².